The topological polar surface area (TPSA) is 73.9 Å². The molecular formula is C22H24FNO5. The number of esters is 1. The molecule has 7 heteroatoms. The number of ether oxygens (including phenoxy) is 3. The summed E-state index contributed by atoms with van der Waals surface area (Å²) in [6, 6.07) is 10.1. The number of nitrogens with one attached hydrogen (secondary N) is 1. The minimum Gasteiger partial charge on any atom is -0.493 e. The second kappa shape index (κ2) is 9.73. The van der Waals surface area contributed by atoms with Crippen LogP contribution in [0.25, 0.3) is 6.08 Å². The van der Waals surface area contributed by atoms with Gasteiger partial charge in [-0.1, -0.05) is 18.2 Å². The van der Waals surface area contributed by atoms with E-state index in [2.05, 4.69) is 5.32 Å². The number of amides is 1. The Hall–Kier alpha value is -3.35. The van der Waals surface area contributed by atoms with Crippen LogP contribution in [0.4, 0.5) is 9.18 Å². The van der Waals surface area contributed by atoms with E-state index in [1.165, 1.54) is 31.4 Å². The SMILES string of the molecule is COc1cc(C=CCNC(=O)OC(C)(C)C)ccc1OC(=O)c1ccc(F)cc1. The Morgan fingerprint density at radius 3 is 2.38 bits per heavy atom. The van der Waals surface area contributed by atoms with Crippen LogP contribution in [0, 0.1) is 5.82 Å². The number of hydrogen-bond donors (Lipinski definition) is 1. The lowest BCUT2D eigenvalue weighted by Gasteiger charge is -2.19. The highest BCUT2D eigenvalue weighted by molar-refractivity contribution is 5.91. The van der Waals surface area contributed by atoms with Crippen molar-refractivity contribution >= 4 is 18.1 Å². The molecule has 1 N–H and O–H groups in total. The molecule has 2 aromatic rings. The van der Waals surface area contributed by atoms with E-state index in [4.69, 9.17) is 14.2 Å². The van der Waals surface area contributed by atoms with Gasteiger partial charge in [0.1, 0.15) is 11.4 Å². The van der Waals surface area contributed by atoms with Crippen LogP contribution in [0.15, 0.2) is 48.5 Å². The predicted molar refractivity (Wildman–Crippen MR) is 108 cm³/mol. The molecule has 0 saturated carbocycles. The summed E-state index contributed by atoms with van der Waals surface area (Å²) in [5, 5.41) is 2.62. The third-order valence-corrected chi connectivity index (χ3v) is 3.54. The van der Waals surface area contributed by atoms with E-state index in [0.29, 0.717) is 12.3 Å². The van der Waals surface area contributed by atoms with Gasteiger partial charge in [-0.15, -0.1) is 0 Å². The predicted octanol–water partition coefficient (Wildman–Crippen LogP) is 4.59. The molecule has 0 aliphatic heterocycles. The lowest BCUT2D eigenvalue weighted by Crippen LogP contribution is -2.32. The first-order valence-electron chi connectivity index (χ1n) is 8.97. The molecule has 154 valence electrons. The number of hydrogen-bond acceptors (Lipinski definition) is 5. The van der Waals surface area contributed by atoms with Gasteiger partial charge >= 0.3 is 12.1 Å². The molecule has 0 saturated heterocycles. The summed E-state index contributed by atoms with van der Waals surface area (Å²) < 4.78 is 28.7. The Balaban J connectivity index is 1.98. The van der Waals surface area contributed by atoms with E-state index >= 15 is 0 Å². The van der Waals surface area contributed by atoms with E-state index < -0.39 is 23.5 Å². The van der Waals surface area contributed by atoms with E-state index in [1.807, 2.05) is 0 Å². The zero-order valence-electron chi connectivity index (χ0n) is 16.8. The molecule has 0 aliphatic rings. The Morgan fingerprint density at radius 1 is 1.07 bits per heavy atom. The largest absolute Gasteiger partial charge is 0.493 e. The van der Waals surface area contributed by atoms with Crippen LogP contribution in [-0.2, 0) is 4.74 Å². The third kappa shape index (κ3) is 7.29. The summed E-state index contributed by atoms with van der Waals surface area (Å²) in [5.41, 5.74) is 0.461. The third-order valence-electron chi connectivity index (χ3n) is 3.54. The minimum absolute atomic E-state index is 0.227. The number of halogens is 1. The standard InChI is InChI=1S/C22H24FNO5/c1-22(2,3)29-21(26)24-13-5-6-15-7-12-18(19(14-15)27-4)28-20(25)16-8-10-17(23)11-9-16/h5-12,14H,13H2,1-4H3,(H,24,26). The number of carbonyl (C=O) groups is 2. The highest BCUT2D eigenvalue weighted by Gasteiger charge is 2.15. The molecule has 0 heterocycles. The Kier molecular flexibility index (Phi) is 7.36. The first-order chi connectivity index (χ1) is 13.7. The molecule has 1 amide bonds. The van der Waals surface area contributed by atoms with Gasteiger partial charge in [-0.3, -0.25) is 0 Å². The van der Waals surface area contributed by atoms with Crippen LogP contribution < -0.4 is 14.8 Å². The van der Waals surface area contributed by atoms with E-state index in [-0.39, 0.29) is 11.3 Å². The summed E-state index contributed by atoms with van der Waals surface area (Å²) in [7, 11) is 1.46. The fourth-order valence-corrected chi connectivity index (χ4v) is 2.27. The normalized spacial score (nSPS) is 11.2. The van der Waals surface area contributed by atoms with Crippen molar-refractivity contribution in [3.05, 3.63) is 65.5 Å². The minimum atomic E-state index is -0.617. The molecule has 0 aliphatic carbocycles. The van der Waals surface area contributed by atoms with Crippen molar-refractivity contribution < 1.29 is 28.2 Å². The number of carbonyl (C=O) groups excluding carboxylic acids is 2. The molecule has 6 nitrogen and oxygen atoms in total. The van der Waals surface area contributed by atoms with Crippen molar-refractivity contribution in [2.24, 2.45) is 0 Å². The Labute approximate surface area is 169 Å². The summed E-state index contributed by atoms with van der Waals surface area (Å²) in [6.07, 6.45) is 3.04. The number of benzene rings is 2. The maximum atomic E-state index is 13.0. The van der Waals surface area contributed by atoms with Crippen LogP contribution >= 0.6 is 0 Å². The first-order valence-corrected chi connectivity index (χ1v) is 8.97. The molecular weight excluding hydrogens is 377 g/mol. The average Bonchev–Trinajstić information content (AvgIpc) is 2.65. The fourth-order valence-electron chi connectivity index (χ4n) is 2.27. The number of rotatable bonds is 6. The van der Waals surface area contributed by atoms with Crippen molar-refractivity contribution in [2.45, 2.75) is 26.4 Å². The van der Waals surface area contributed by atoms with Crippen molar-refractivity contribution in [2.75, 3.05) is 13.7 Å². The number of methoxy groups -OCH3 is 1. The quantitative estimate of drug-likeness (QED) is 0.566. The maximum Gasteiger partial charge on any atom is 0.407 e. The van der Waals surface area contributed by atoms with Crippen molar-refractivity contribution in [1.82, 2.24) is 5.32 Å². The first kappa shape index (κ1) is 21.9. The van der Waals surface area contributed by atoms with Gasteiger partial charge in [0.25, 0.3) is 0 Å². The number of alkyl carbamates (subject to hydrolysis) is 1. The molecule has 0 aromatic heterocycles. The zero-order chi connectivity index (χ0) is 21.4. The van der Waals surface area contributed by atoms with Gasteiger partial charge in [0, 0.05) is 6.54 Å². The van der Waals surface area contributed by atoms with Gasteiger partial charge < -0.3 is 19.5 Å². The lowest BCUT2D eigenvalue weighted by atomic mass is 10.2. The summed E-state index contributed by atoms with van der Waals surface area (Å²) in [6.45, 7) is 5.66. The summed E-state index contributed by atoms with van der Waals surface area (Å²) >= 11 is 0. The van der Waals surface area contributed by atoms with Crippen LogP contribution in [0.2, 0.25) is 0 Å². The molecule has 0 atom stereocenters. The molecule has 0 radical (unpaired) electrons. The Bertz CT molecular complexity index is 885. The summed E-state index contributed by atoms with van der Waals surface area (Å²) in [4.78, 5) is 23.8. The Morgan fingerprint density at radius 2 is 1.76 bits per heavy atom. The van der Waals surface area contributed by atoms with Crippen LogP contribution in [0.1, 0.15) is 36.7 Å². The van der Waals surface area contributed by atoms with Crippen molar-refractivity contribution in [3.63, 3.8) is 0 Å². The molecule has 2 aromatic carbocycles. The van der Waals surface area contributed by atoms with Crippen LogP contribution in [0.3, 0.4) is 0 Å². The van der Waals surface area contributed by atoms with Crippen molar-refractivity contribution in [1.29, 1.82) is 0 Å². The lowest BCUT2D eigenvalue weighted by molar-refractivity contribution is 0.0533. The van der Waals surface area contributed by atoms with E-state index in [1.54, 1.807) is 51.1 Å². The van der Waals surface area contributed by atoms with Crippen LogP contribution in [0.5, 0.6) is 11.5 Å². The monoisotopic (exact) mass is 401 g/mol. The second-order valence-electron chi connectivity index (χ2n) is 7.09. The highest BCUT2D eigenvalue weighted by atomic mass is 19.1. The van der Waals surface area contributed by atoms with Gasteiger partial charge in [-0.2, -0.15) is 0 Å². The zero-order valence-corrected chi connectivity index (χ0v) is 16.8. The molecule has 0 bridgehead atoms. The molecule has 0 fully saturated rings. The maximum absolute atomic E-state index is 13.0. The van der Waals surface area contributed by atoms with Gasteiger partial charge in [0.15, 0.2) is 11.5 Å². The molecule has 0 unspecified atom stereocenters. The smallest absolute Gasteiger partial charge is 0.407 e. The van der Waals surface area contributed by atoms with Crippen molar-refractivity contribution in [3.8, 4) is 11.5 Å². The fraction of sp³-hybridized carbons (Fsp3) is 0.273. The average molecular weight is 401 g/mol. The second-order valence-corrected chi connectivity index (χ2v) is 7.09. The van der Waals surface area contributed by atoms with Crippen LogP contribution in [-0.4, -0.2) is 31.3 Å². The van der Waals surface area contributed by atoms with E-state index in [9.17, 15) is 14.0 Å². The highest BCUT2D eigenvalue weighted by Crippen LogP contribution is 2.29. The van der Waals surface area contributed by atoms with Gasteiger partial charge in [0.2, 0.25) is 0 Å². The van der Waals surface area contributed by atoms with Gasteiger partial charge in [0.05, 0.1) is 12.7 Å². The molecule has 2 rings (SSSR count). The molecule has 0 spiro atoms. The summed E-state index contributed by atoms with van der Waals surface area (Å²) in [5.74, 6) is -0.446. The van der Waals surface area contributed by atoms with E-state index in [0.717, 1.165) is 5.56 Å². The van der Waals surface area contributed by atoms with Gasteiger partial charge in [-0.05, 0) is 62.7 Å². The van der Waals surface area contributed by atoms with Gasteiger partial charge in [-0.25, -0.2) is 14.0 Å². The molecule has 29 heavy (non-hydrogen) atoms.